The molecule has 38 heavy (non-hydrogen) atoms. The van der Waals surface area contributed by atoms with E-state index in [1.54, 1.807) is 12.1 Å². The van der Waals surface area contributed by atoms with Crippen molar-refractivity contribution in [1.29, 1.82) is 0 Å². The zero-order valence-electron chi connectivity index (χ0n) is 21.5. The van der Waals surface area contributed by atoms with E-state index in [9.17, 15) is 18.0 Å². The zero-order chi connectivity index (χ0) is 27.0. The molecule has 2 fully saturated rings. The maximum absolute atomic E-state index is 13.3. The van der Waals surface area contributed by atoms with Gasteiger partial charge in [0.1, 0.15) is 5.00 Å². The van der Waals surface area contributed by atoms with Crippen molar-refractivity contribution in [2.24, 2.45) is 11.8 Å². The lowest BCUT2D eigenvalue weighted by Gasteiger charge is -2.26. The summed E-state index contributed by atoms with van der Waals surface area (Å²) in [7, 11) is -3.40. The largest absolute Gasteiger partial charge is 0.359 e. The van der Waals surface area contributed by atoms with Gasteiger partial charge in [0.05, 0.1) is 17.5 Å². The predicted octanol–water partition coefficient (Wildman–Crippen LogP) is 3.76. The second kappa shape index (κ2) is 10.8. The van der Waals surface area contributed by atoms with E-state index in [2.05, 4.69) is 26.0 Å². The monoisotopic (exact) mass is 575 g/mol. The van der Waals surface area contributed by atoms with Crippen LogP contribution < -0.4 is 26.0 Å². The highest BCUT2D eigenvalue weighted by Crippen LogP contribution is 2.40. The number of nitrogens with one attached hydrogen (secondary N) is 5. The summed E-state index contributed by atoms with van der Waals surface area (Å²) < 4.78 is 25.9. The second-order valence-electron chi connectivity index (χ2n) is 10.5. The first-order valence-electron chi connectivity index (χ1n) is 13.0. The van der Waals surface area contributed by atoms with Crippen molar-refractivity contribution < 1.29 is 18.0 Å². The lowest BCUT2D eigenvalue weighted by Crippen LogP contribution is -2.41. The van der Waals surface area contributed by atoms with Gasteiger partial charge in [-0.2, -0.15) is 0 Å². The van der Waals surface area contributed by atoms with Crippen molar-refractivity contribution in [3.8, 4) is 0 Å². The topological polar surface area (TPSA) is 128 Å². The van der Waals surface area contributed by atoms with Crippen molar-refractivity contribution in [1.82, 2.24) is 10.6 Å². The van der Waals surface area contributed by atoms with Gasteiger partial charge in [-0.3, -0.25) is 14.3 Å². The predicted molar refractivity (Wildman–Crippen MR) is 156 cm³/mol. The zero-order valence-corrected chi connectivity index (χ0v) is 23.9. The molecule has 3 aliphatic rings. The minimum atomic E-state index is -3.40. The summed E-state index contributed by atoms with van der Waals surface area (Å²) in [4.78, 5) is 27.0. The van der Waals surface area contributed by atoms with E-state index in [0.29, 0.717) is 45.9 Å². The van der Waals surface area contributed by atoms with Gasteiger partial charge in [-0.1, -0.05) is 6.07 Å². The number of aryl methyl sites for hydroxylation is 1. The number of rotatable bonds is 9. The van der Waals surface area contributed by atoms with E-state index in [1.165, 1.54) is 11.3 Å². The molecule has 5 rings (SSSR count). The van der Waals surface area contributed by atoms with Crippen LogP contribution in [0.5, 0.6) is 0 Å². The molecule has 1 aromatic heterocycles. The summed E-state index contributed by atoms with van der Waals surface area (Å²) in [6.07, 6.45) is 7.47. The van der Waals surface area contributed by atoms with Gasteiger partial charge < -0.3 is 21.3 Å². The number of hydrogen-bond acceptors (Lipinski definition) is 6. The molecule has 204 valence electrons. The van der Waals surface area contributed by atoms with E-state index in [1.807, 2.05) is 13.0 Å². The summed E-state index contributed by atoms with van der Waals surface area (Å²) in [5, 5.41) is 13.8. The van der Waals surface area contributed by atoms with Gasteiger partial charge in [0, 0.05) is 29.1 Å². The molecule has 1 heterocycles. The number of benzene rings is 1. The van der Waals surface area contributed by atoms with Crippen LogP contribution in [0.4, 0.5) is 16.4 Å². The Morgan fingerprint density at radius 3 is 2.50 bits per heavy atom. The van der Waals surface area contributed by atoms with Crippen molar-refractivity contribution in [3.63, 3.8) is 0 Å². The van der Waals surface area contributed by atoms with Crippen LogP contribution in [0.1, 0.15) is 58.5 Å². The van der Waals surface area contributed by atoms with Gasteiger partial charge in [-0.05, 0) is 93.3 Å². The molecule has 9 nitrogen and oxygen atoms in total. The fraction of sp³-hybridized carbons (Fsp3) is 0.500. The molecule has 12 heteroatoms. The third-order valence-electron chi connectivity index (χ3n) is 7.13. The van der Waals surface area contributed by atoms with Crippen molar-refractivity contribution in [2.45, 2.75) is 57.9 Å². The highest BCUT2D eigenvalue weighted by molar-refractivity contribution is 7.92. The fourth-order valence-corrected chi connectivity index (χ4v) is 6.81. The molecule has 0 aliphatic heterocycles. The molecular weight excluding hydrogens is 543 g/mol. The first-order chi connectivity index (χ1) is 18.1. The van der Waals surface area contributed by atoms with Gasteiger partial charge in [0.25, 0.3) is 5.91 Å². The van der Waals surface area contributed by atoms with Crippen LogP contribution in [0.3, 0.4) is 0 Å². The first-order valence-corrected chi connectivity index (χ1v) is 16.1. The summed E-state index contributed by atoms with van der Waals surface area (Å²) in [6.45, 7) is 2.49. The van der Waals surface area contributed by atoms with Crippen LogP contribution in [-0.2, 0) is 27.7 Å². The van der Waals surface area contributed by atoms with Gasteiger partial charge in [-0.25, -0.2) is 8.42 Å². The van der Waals surface area contributed by atoms with E-state index < -0.39 is 10.0 Å². The Morgan fingerprint density at radius 1 is 1.08 bits per heavy atom. The Morgan fingerprint density at radius 2 is 1.82 bits per heavy atom. The number of thiophene rings is 1. The fourth-order valence-electron chi connectivity index (χ4n) is 4.67. The minimum Gasteiger partial charge on any atom is -0.359 e. The highest BCUT2D eigenvalue weighted by Gasteiger charge is 2.34. The number of anilines is 3. The summed E-state index contributed by atoms with van der Waals surface area (Å²) in [5.41, 5.74) is 3.50. The second-order valence-corrected chi connectivity index (χ2v) is 13.8. The molecule has 0 bridgehead atoms. The molecule has 2 aromatic rings. The summed E-state index contributed by atoms with van der Waals surface area (Å²) in [6, 6.07) is 5.31. The normalized spacial score (nSPS) is 18.7. The van der Waals surface area contributed by atoms with Crippen molar-refractivity contribution >= 4 is 66.9 Å². The lowest BCUT2D eigenvalue weighted by molar-refractivity contribution is -0.117. The van der Waals surface area contributed by atoms with E-state index in [-0.39, 0.29) is 23.8 Å². The standard InChI is InChI=1S/C26H33N5O4S3/c1-14-19(4-3-5-20(14)31-38(2,34)35)29-26(36)28-17-10-11-21-18(12-17)22(24(33)27-13-15-6-7-15)25(37-21)30-23(32)16-8-9-16/h3-5,15-17,31H,6-13H2,1-2H3,(H,27,33)(H,30,32)(H2,28,29,36)/t17-/m0/s1. The van der Waals surface area contributed by atoms with Crippen molar-refractivity contribution in [2.75, 3.05) is 28.2 Å². The molecule has 0 saturated heterocycles. The maximum atomic E-state index is 13.3. The first kappa shape index (κ1) is 26.9. The Kier molecular flexibility index (Phi) is 7.65. The molecule has 3 aliphatic carbocycles. The molecule has 2 amide bonds. The number of thiocarbonyl (C=S) groups is 1. The number of hydrogen-bond donors (Lipinski definition) is 5. The molecule has 5 N–H and O–H groups in total. The lowest BCUT2D eigenvalue weighted by atomic mass is 9.91. The van der Waals surface area contributed by atoms with Gasteiger partial charge >= 0.3 is 0 Å². The van der Waals surface area contributed by atoms with Crippen LogP contribution >= 0.6 is 23.6 Å². The van der Waals surface area contributed by atoms with Crippen LogP contribution in [0.15, 0.2) is 18.2 Å². The van der Waals surface area contributed by atoms with Crippen LogP contribution in [-0.4, -0.2) is 44.2 Å². The highest BCUT2D eigenvalue weighted by atomic mass is 32.2. The molecule has 1 atom stereocenters. The Hall–Kier alpha value is -2.70. The minimum absolute atomic E-state index is 0.00264. The number of carbonyl (C=O) groups excluding carboxylic acids is 2. The van der Waals surface area contributed by atoms with Gasteiger partial charge in [0.15, 0.2) is 5.11 Å². The number of amides is 2. The van der Waals surface area contributed by atoms with Gasteiger partial charge in [0.2, 0.25) is 15.9 Å². The molecule has 0 spiro atoms. The van der Waals surface area contributed by atoms with E-state index in [0.717, 1.165) is 60.8 Å². The maximum Gasteiger partial charge on any atom is 0.254 e. The molecule has 2 saturated carbocycles. The average Bonchev–Trinajstić information content (AvgIpc) is 3.76. The Labute approximate surface area is 232 Å². The molecule has 1 aromatic carbocycles. The Balaban J connectivity index is 1.29. The number of fused-ring (bicyclic) bond motifs is 1. The molecule has 0 radical (unpaired) electrons. The summed E-state index contributed by atoms with van der Waals surface area (Å²) in [5.74, 6) is 0.504. The van der Waals surface area contributed by atoms with Crippen LogP contribution in [0, 0.1) is 18.8 Å². The third kappa shape index (κ3) is 6.65. The quantitative estimate of drug-likeness (QED) is 0.288. The van der Waals surface area contributed by atoms with Crippen LogP contribution in [0.2, 0.25) is 0 Å². The SMILES string of the molecule is Cc1c(NC(=S)N[C@H]2CCc3sc(NC(=O)C4CC4)c(C(=O)NCC4CC4)c3C2)cccc1NS(C)(=O)=O. The molecular formula is C26H33N5O4S3. The van der Waals surface area contributed by atoms with Gasteiger partial charge in [-0.15, -0.1) is 11.3 Å². The van der Waals surface area contributed by atoms with Crippen LogP contribution in [0.25, 0.3) is 0 Å². The van der Waals surface area contributed by atoms with E-state index >= 15 is 0 Å². The molecule has 0 unspecified atom stereocenters. The third-order valence-corrected chi connectivity index (χ3v) is 9.15. The number of carbonyl (C=O) groups is 2. The number of sulfonamides is 1. The summed E-state index contributed by atoms with van der Waals surface area (Å²) >= 11 is 7.11. The smallest absolute Gasteiger partial charge is 0.254 e. The average molecular weight is 576 g/mol. The Bertz CT molecular complexity index is 1380. The van der Waals surface area contributed by atoms with Crippen molar-refractivity contribution in [3.05, 3.63) is 39.8 Å². The van der Waals surface area contributed by atoms with E-state index in [4.69, 9.17) is 12.2 Å².